The normalized spacial score (nSPS) is 17.9. The molecule has 1 aliphatic carbocycles. The summed E-state index contributed by atoms with van der Waals surface area (Å²) in [7, 11) is 0. The number of carbonyl (C=O) groups is 2. The maximum atomic E-state index is 13.5. The molecule has 1 atom stereocenters. The van der Waals surface area contributed by atoms with Gasteiger partial charge >= 0.3 is 0 Å². The van der Waals surface area contributed by atoms with Crippen molar-refractivity contribution in [3.05, 3.63) is 59.7 Å². The van der Waals surface area contributed by atoms with E-state index in [1.54, 1.807) is 0 Å². The third-order valence-electron chi connectivity index (χ3n) is 7.63. The molecule has 0 aromatic heterocycles. The van der Waals surface area contributed by atoms with Crippen LogP contribution in [0.1, 0.15) is 56.7 Å². The average molecular weight is 477 g/mol. The Morgan fingerprint density at radius 3 is 2.23 bits per heavy atom. The number of piperazine rings is 1. The van der Waals surface area contributed by atoms with E-state index in [9.17, 15) is 9.59 Å². The Morgan fingerprint density at radius 1 is 0.971 bits per heavy atom. The number of hydrogen-bond acceptors (Lipinski definition) is 4. The monoisotopic (exact) mass is 476 g/mol. The minimum absolute atomic E-state index is 0.160. The summed E-state index contributed by atoms with van der Waals surface area (Å²) in [5, 5.41) is 3.12. The molecule has 0 radical (unpaired) electrons. The molecule has 2 amide bonds. The second kappa shape index (κ2) is 11.7. The summed E-state index contributed by atoms with van der Waals surface area (Å²) < 4.78 is 0. The fourth-order valence-electron chi connectivity index (χ4n) is 5.59. The maximum absolute atomic E-state index is 13.5. The topological polar surface area (TPSA) is 55.9 Å². The number of nitrogens with one attached hydrogen (secondary N) is 1. The smallest absolute Gasteiger partial charge is 0.244 e. The molecule has 4 rings (SSSR count). The van der Waals surface area contributed by atoms with Crippen LogP contribution in [0.3, 0.4) is 0 Å². The van der Waals surface area contributed by atoms with Gasteiger partial charge in [0, 0.05) is 56.6 Å². The number of rotatable bonds is 8. The zero-order chi connectivity index (χ0) is 24.8. The number of benzene rings is 2. The Labute approximate surface area is 210 Å². The van der Waals surface area contributed by atoms with Crippen LogP contribution in [0.25, 0.3) is 0 Å². The Bertz CT molecular complexity index is 991. The fraction of sp³-hybridized carbons (Fsp3) is 0.517. The van der Waals surface area contributed by atoms with Gasteiger partial charge in [-0.1, -0.05) is 43.2 Å². The fourth-order valence-corrected chi connectivity index (χ4v) is 5.59. The number of amides is 2. The summed E-state index contributed by atoms with van der Waals surface area (Å²) in [6.07, 6.45) is 4.34. The first-order valence-electron chi connectivity index (χ1n) is 13.3. The van der Waals surface area contributed by atoms with Crippen molar-refractivity contribution in [3.8, 4) is 0 Å². The third kappa shape index (κ3) is 5.87. The van der Waals surface area contributed by atoms with Gasteiger partial charge in [0.05, 0.1) is 0 Å². The quantitative estimate of drug-likeness (QED) is 0.591. The molecule has 6 heteroatoms. The van der Waals surface area contributed by atoms with E-state index in [0.717, 1.165) is 76.2 Å². The van der Waals surface area contributed by atoms with Gasteiger partial charge in [-0.15, -0.1) is 0 Å². The molecule has 0 bridgehead atoms. The van der Waals surface area contributed by atoms with E-state index in [1.807, 2.05) is 43.0 Å². The molecule has 1 unspecified atom stereocenters. The summed E-state index contributed by atoms with van der Waals surface area (Å²) in [6.45, 7) is 11.0. The number of aryl methyl sites for hydroxylation is 1. The van der Waals surface area contributed by atoms with Gasteiger partial charge in [0.15, 0.2) is 0 Å². The lowest BCUT2D eigenvalue weighted by atomic mass is 10.0. The van der Waals surface area contributed by atoms with Crippen LogP contribution in [0.4, 0.5) is 11.4 Å². The molecule has 0 spiro atoms. The van der Waals surface area contributed by atoms with E-state index in [1.165, 1.54) is 11.3 Å². The van der Waals surface area contributed by atoms with Crippen molar-refractivity contribution in [1.29, 1.82) is 0 Å². The van der Waals surface area contributed by atoms with Crippen LogP contribution in [0, 0.1) is 12.8 Å². The van der Waals surface area contributed by atoms with Crippen molar-refractivity contribution >= 4 is 23.2 Å². The van der Waals surface area contributed by atoms with Crippen LogP contribution in [-0.2, 0) is 9.59 Å². The Kier molecular flexibility index (Phi) is 8.45. The predicted molar refractivity (Wildman–Crippen MR) is 143 cm³/mol. The van der Waals surface area contributed by atoms with E-state index >= 15 is 0 Å². The summed E-state index contributed by atoms with van der Waals surface area (Å²) in [4.78, 5) is 32.7. The lowest BCUT2D eigenvalue weighted by Crippen LogP contribution is -2.51. The first-order chi connectivity index (χ1) is 17.0. The van der Waals surface area contributed by atoms with Gasteiger partial charge in [-0.25, -0.2) is 0 Å². The van der Waals surface area contributed by atoms with Gasteiger partial charge in [0.1, 0.15) is 6.04 Å². The summed E-state index contributed by atoms with van der Waals surface area (Å²) >= 11 is 0. The maximum Gasteiger partial charge on any atom is 0.244 e. The zero-order valence-corrected chi connectivity index (χ0v) is 21.5. The molecule has 1 N–H and O–H groups in total. The number of anilines is 2. The van der Waals surface area contributed by atoms with E-state index in [0.29, 0.717) is 0 Å². The largest absolute Gasteiger partial charge is 0.369 e. The van der Waals surface area contributed by atoms with Crippen molar-refractivity contribution < 1.29 is 9.59 Å². The average Bonchev–Trinajstić information content (AvgIpc) is 3.42. The lowest BCUT2D eigenvalue weighted by molar-refractivity contribution is -0.137. The number of nitrogens with zero attached hydrogens (tertiary/aromatic N) is 3. The van der Waals surface area contributed by atoms with Crippen LogP contribution < -0.4 is 10.2 Å². The number of likely N-dealkylation sites (N-methyl/N-ethyl adjacent to an activating group) is 1. The number of carbonyl (C=O) groups excluding carboxylic acids is 2. The van der Waals surface area contributed by atoms with Crippen molar-refractivity contribution in [2.24, 2.45) is 5.92 Å². The summed E-state index contributed by atoms with van der Waals surface area (Å²) in [5.41, 5.74) is 4.32. The lowest BCUT2D eigenvalue weighted by Gasteiger charge is -2.41. The summed E-state index contributed by atoms with van der Waals surface area (Å²) in [5.74, 6) is 0.515. The van der Waals surface area contributed by atoms with Gasteiger partial charge < -0.3 is 15.1 Å². The molecule has 2 fully saturated rings. The highest BCUT2D eigenvalue weighted by atomic mass is 16.2. The molecule has 2 aromatic carbocycles. The van der Waals surface area contributed by atoms with Crippen molar-refractivity contribution in [2.75, 3.05) is 49.5 Å². The number of hydrogen-bond donors (Lipinski definition) is 1. The molecule has 1 heterocycles. The van der Waals surface area contributed by atoms with Crippen LogP contribution in [0.15, 0.2) is 48.5 Å². The third-order valence-corrected chi connectivity index (χ3v) is 7.63. The van der Waals surface area contributed by atoms with Crippen molar-refractivity contribution in [2.45, 2.75) is 52.5 Å². The zero-order valence-electron chi connectivity index (χ0n) is 21.5. The highest BCUT2D eigenvalue weighted by Gasteiger charge is 2.33. The second-order valence-electron chi connectivity index (χ2n) is 9.82. The molecule has 2 aromatic rings. The van der Waals surface area contributed by atoms with E-state index in [2.05, 4.69) is 46.3 Å². The van der Waals surface area contributed by atoms with E-state index in [4.69, 9.17) is 0 Å². The first-order valence-corrected chi connectivity index (χ1v) is 13.3. The second-order valence-corrected chi connectivity index (χ2v) is 9.82. The Balaban J connectivity index is 1.43. The Morgan fingerprint density at radius 2 is 1.63 bits per heavy atom. The Hall–Kier alpha value is -2.86. The SMILES string of the molecule is CCN(CC)C(=O)C(c1ccccc1)N1CCN(c2ccc(NC(=O)C3CCCC3)cc2C)CC1. The molecular formula is C29H40N4O2. The van der Waals surface area contributed by atoms with Crippen LogP contribution >= 0.6 is 0 Å². The minimum atomic E-state index is -0.243. The van der Waals surface area contributed by atoms with Gasteiger partial charge in [0.25, 0.3) is 0 Å². The predicted octanol–water partition coefficient (Wildman–Crippen LogP) is 4.86. The first kappa shape index (κ1) is 25.2. The standard InChI is InChI=1S/C29H40N4O2/c1-4-31(5-2)29(35)27(23-11-7-6-8-12-23)33-19-17-32(18-20-33)26-16-15-25(21-22(26)3)30-28(34)24-13-9-10-14-24/h6-8,11-12,15-16,21,24,27H,4-5,9-10,13-14,17-20H2,1-3H3,(H,30,34). The van der Waals surface area contributed by atoms with Gasteiger partial charge in [0.2, 0.25) is 11.8 Å². The highest BCUT2D eigenvalue weighted by molar-refractivity contribution is 5.93. The minimum Gasteiger partial charge on any atom is -0.369 e. The molecule has 1 saturated carbocycles. The van der Waals surface area contributed by atoms with Gasteiger partial charge in [-0.3, -0.25) is 14.5 Å². The van der Waals surface area contributed by atoms with Crippen molar-refractivity contribution in [1.82, 2.24) is 9.80 Å². The van der Waals surface area contributed by atoms with Gasteiger partial charge in [-0.2, -0.15) is 0 Å². The molecule has 35 heavy (non-hydrogen) atoms. The molecule has 1 aliphatic heterocycles. The summed E-state index contributed by atoms with van der Waals surface area (Å²) in [6, 6.07) is 16.2. The van der Waals surface area contributed by atoms with Crippen molar-refractivity contribution in [3.63, 3.8) is 0 Å². The van der Waals surface area contributed by atoms with Crippen LogP contribution in [0.5, 0.6) is 0 Å². The van der Waals surface area contributed by atoms with Crippen LogP contribution in [0.2, 0.25) is 0 Å². The molecule has 2 aliphatic rings. The molecule has 1 saturated heterocycles. The highest BCUT2D eigenvalue weighted by Crippen LogP contribution is 2.30. The molecule has 6 nitrogen and oxygen atoms in total. The van der Waals surface area contributed by atoms with Gasteiger partial charge in [-0.05, 0) is 62.9 Å². The van der Waals surface area contributed by atoms with Crippen LogP contribution in [-0.4, -0.2) is 60.9 Å². The molecular weight excluding hydrogens is 436 g/mol. The van der Waals surface area contributed by atoms with E-state index < -0.39 is 0 Å². The molecule has 188 valence electrons. The van der Waals surface area contributed by atoms with E-state index in [-0.39, 0.29) is 23.8 Å².